The molecule has 1 heterocycles. The third kappa shape index (κ3) is 4.03. The van der Waals surface area contributed by atoms with Crippen molar-refractivity contribution in [3.63, 3.8) is 0 Å². The highest BCUT2D eigenvalue weighted by Gasteiger charge is 2.20. The standard InChI is InChI=1S/C16H20FNO3/c1-11-5-7-18(8-6-11)16(20)10-21-13-3-4-14(12(2)19)15(17)9-13/h3-4,9,11H,5-8,10H2,1-2H3. The number of hydrogen-bond donors (Lipinski definition) is 0. The van der Waals surface area contributed by atoms with Gasteiger partial charge in [0.1, 0.15) is 11.6 Å². The molecule has 1 aromatic carbocycles. The molecule has 0 unspecified atom stereocenters. The first-order valence-corrected chi connectivity index (χ1v) is 7.18. The van der Waals surface area contributed by atoms with E-state index in [4.69, 9.17) is 4.74 Å². The van der Waals surface area contributed by atoms with Crippen LogP contribution in [0, 0.1) is 11.7 Å². The summed E-state index contributed by atoms with van der Waals surface area (Å²) >= 11 is 0. The molecule has 1 amide bonds. The van der Waals surface area contributed by atoms with Gasteiger partial charge in [0.15, 0.2) is 12.4 Å². The molecule has 2 rings (SSSR count). The van der Waals surface area contributed by atoms with Crippen LogP contribution < -0.4 is 4.74 Å². The number of Topliss-reactive ketones (excluding diaryl/α,β-unsaturated/α-hetero) is 1. The fourth-order valence-electron chi connectivity index (χ4n) is 2.37. The number of carbonyl (C=O) groups is 2. The van der Waals surface area contributed by atoms with Gasteiger partial charge in [-0.3, -0.25) is 9.59 Å². The molecular weight excluding hydrogens is 273 g/mol. The van der Waals surface area contributed by atoms with Crippen molar-refractivity contribution in [2.24, 2.45) is 5.92 Å². The summed E-state index contributed by atoms with van der Waals surface area (Å²) in [6.07, 6.45) is 2.02. The average Bonchev–Trinajstić information content (AvgIpc) is 2.45. The second-order valence-electron chi connectivity index (χ2n) is 5.55. The zero-order valence-electron chi connectivity index (χ0n) is 12.4. The highest BCUT2D eigenvalue weighted by molar-refractivity contribution is 5.94. The van der Waals surface area contributed by atoms with Crippen LogP contribution in [0.3, 0.4) is 0 Å². The van der Waals surface area contributed by atoms with Crippen LogP contribution in [0.4, 0.5) is 4.39 Å². The number of likely N-dealkylation sites (tertiary alicyclic amines) is 1. The molecule has 21 heavy (non-hydrogen) atoms. The van der Waals surface area contributed by atoms with Crippen molar-refractivity contribution in [1.82, 2.24) is 4.90 Å². The Morgan fingerprint density at radius 3 is 2.57 bits per heavy atom. The molecule has 1 aliphatic heterocycles. The fraction of sp³-hybridized carbons (Fsp3) is 0.500. The van der Waals surface area contributed by atoms with E-state index < -0.39 is 5.82 Å². The number of amides is 1. The molecule has 1 fully saturated rings. The zero-order valence-corrected chi connectivity index (χ0v) is 12.4. The smallest absolute Gasteiger partial charge is 0.260 e. The molecule has 0 saturated carbocycles. The van der Waals surface area contributed by atoms with Gasteiger partial charge in [0.05, 0.1) is 5.56 Å². The van der Waals surface area contributed by atoms with Gasteiger partial charge in [-0.25, -0.2) is 4.39 Å². The maximum atomic E-state index is 13.6. The number of halogens is 1. The lowest BCUT2D eigenvalue weighted by Crippen LogP contribution is -2.40. The monoisotopic (exact) mass is 293 g/mol. The molecule has 0 aliphatic carbocycles. The van der Waals surface area contributed by atoms with Crippen LogP contribution in [0.5, 0.6) is 5.75 Å². The van der Waals surface area contributed by atoms with Crippen molar-refractivity contribution in [3.8, 4) is 5.75 Å². The van der Waals surface area contributed by atoms with Gasteiger partial charge < -0.3 is 9.64 Å². The van der Waals surface area contributed by atoms with Crippen molar-refractivity contribution >= 4 is 11.7 Å². The average molecular weight is 293 g/mol. The second kappa shape index (κ2) is 6.70. The first kappa shape index (κ1) is 15.5. The third-order valence-electron chi connectivity index (χ3n) is 3.82. The molecule has 5 heteroatoms. The summed E-state index contributed by atoms with van der Waals surface area (Å²) in [6, 6.07) is 4.02. The minimum atomic E-state index is -0.626. The first-order chi connectivity index (χ1) is 9.97. The molecule has 1 aromatic rings. The summed E-state index contributed by atoms with van der Waals surface area (Å²) in [5, 5.41) is 0. The molecule has 0 bridgehead atoms. The van der Waals surface area contributed by atoms with Crippen molar-refractivity contribution in [2.45, 2.75) is 26.7 Å². The lowest BCUT2D eigenvalue weighted by Gasteiger charge is -2.30. The van der Waals surface area contributed by atoms with E-state index >= 15 is 0 Å². The van der Waals surface area contributed by atoms with Crippen molar-refractivity contribution in [1.29, 1.82) is 0 Å². The summed E-state index contributed by atoms with van der Waals surface area (Å²) in [6.45, 7) is 4.88. The number of nitrogens with zero attached hydrogens (tertiary/aromatic N) is 1. The summed E-state index contributed by atoms with van der Waals surface area (Å²) in [4.78, 5) is 24.9. The third-order valence-corrected chi connectivity index (χ3v) is 3.82. The highest BCUT2D eigenvalue weighted by atomic mass is 19.1. The van der Waals surface area contributed by atoms with Crippen molar-refractivity contribution in [3.05, 3.63) is 29.6 Å². The number of benzene rings is 1. The van der Waals surface area contributed by atoms with Gasteiger partial charge in [0, 0.05) is 19.2 Å². The van der Waals surface area contributed by atoms with Crippen LogP contribution in [0.2, 0.25) is 0 Å². The van der Waals surface area contributed by atoms with E-state index in [9.17, 15) is 14.0 Å². The summed E-state index contributed by atoms with van der Waals surface area (Å²) in [7, 11) is 0. The van der Waals surface area contributed by atoms with Gasteiger partial charge in [-0.05, 0) is 37.8 Å². The van der Waals surface area contributed by atoms with Crippen LogP contribution >= 0.6 is 0 Å². The molecule has 1 saturated heterocycles. The number of ether oxygens (including phenoxy) is 1. The quantitative estimate of drug-likeness (QED) is 0.802. The van der Waals surface area contributed by atoms with E-state index in [2.05, 4.69) is 6.92 Å². The van der Waals surface area contributed by atoms with Crippen molar-refractivity contribution < 1.29 is 18.7 Å². The van der Waals surface area contributed by atoms with E-state index in [-0.39, 0.29) is 29.6 Å². The summed E-state index contributed by atoms with van der Waals surface area (Å²) < 4.78 is 18.9. The highest BCUT2D eigenvalue weighted by Crippen LogP contribution is 2.18. The molecular formula is C16H20FNO3. The molecule has 0 aromatic heterocycles. The second-order valence-corrected chi connectivity index (χ2v) is 5.55. The Morgan fingerprint density at radius 1 is 1.33 bits per heavy atom. The van der Waals surface area contributed by atoms with Crippen LogP contribution in [0.1, 0.15) is 37.0 Å². The normalized spacial score (nSPS) is 15.9. The molecule has 4 nitrogen and oxygen atoms in total. The number of carbonyl (C=O) groups excluding carboxylic acids is 2. The summed E-state index contributed by atoms with van der Waals surface area (Å²) in [5.74, 6) is -0.130. The number of rotatable bonds is 4. The van der Waals surface area contributed by atoms with Gasteiger partial charge in [0.25, 0.3) is 5.91 Å². The Hall–Kier alpha value is -1.91. The van der Waals surface area contributed by atoms with Gasteiger partial charge >= 0.3 is 0 Å². The van der Waals surface area contributed by atoms with E-state index in [0.29, 0.717) is 5.92 Å². The summed E-state index contributed by atoms with van der Waals surface area (Å²) in [5.41, 5.74) is 0.0266. The minimum absolute atomic E-state index is 0.0266. The van der Waals surface area contributed by atoms with E-state index in [1.54, 1.807) is 4.90 Å². The molecule has 0 spiro atoms. The Balaban J connectivity index is 1.89. The molecule has 1 aliphatic rings. The van der Waals surface area contributed by atoms with Crippen molar-refractivity contribution in [2.75, 3.05) is 19.7 Å². The van der Waals surface area contributed by atoms with Gasteiger partial charge in [0.2, 0.25) is 0 Å². The predicted octanol–water partition coefficient (Wildman–Crippen LogP) is 2.67. The van der Waals surface area contributed by atoms with Gasteiger partial charge in [-0.2, -0.15) is 0 Å². The fourth-order valence-corrected chi connectivity index (χ4v) is 2.37. The topological polar surface area (TPSA) is 46.6 Å². The molecule has 0 N–H and O–H groups in total. The molecule has 0 atom stereocenters. The Labute approximate surface area is 123 Å². The predicted molar refractivity (Wildman–Crippen MR) is 76.9 cm³/mol. The van der Waals surface area contributed by atoms with Gasteiger partial charge in [-0.1, -0.05) is 6.92 Å². The van der Waals surface area contributed by atoms with Crippen LogP contribution in [-0.2, 0) is 4.79 Å². The van der Waals surface area contributed by atoms with E-state index in [1.807, 2.05) is 0 Å². The van der Waals surface area contributed by atoms with E-state index in [0.717, 1.165) is 32.0 Å². The molecule has 114 valence electrons. The molecule has 0 radical (unpaired) electrons. The number of piperidine rings is 1. The first-order valence-electron chi connectivity index (χ1n) is 7.18. The lowest BCUT2D eigenvalue weighted by molar-refractivity contribution is -0.134. The Bertz CT molecular complexity index is 536. The van der Waals surface area contributed by atoms with E-state index in [1.165, 1.54) is 19.1 Å². The maximum absolute atomic E-state index is 13.6. The zero-order chi connectivity index (χ0) is 15.4. The minimum Gasteiger partial charge on any atom is -0.484 e. The Morgan fingerprint density at radius 2 is 2.00 bits per heavy atom. The van der Waals surface area contributed by atoms with Gasteiger partial charge in [-0.15, -0.1) is 0 Å². The van der Waals surface area contributed by atoms with Crippen LogP contribution in [0.25, 0.3) is 0 Å². The van der Waals surface area contributed by atoms with Crippen LogP contribution in [-0.4, -0.2) is 36.3 Å². The van der Waals surface area contributed by atoms with Crippen LogP contribution in [0.15, 0.2) is 18.2 Å². The Kier molecular flexibility index (Phi) is 4.94. The maximum Gasteiger partial charge on any atom is 0.260 e. The SMILES string of the molecule is CC(=O)c1ccc(OCC(=O)N2CCC(C)CC2)cc1F. The largest absolute Gasteiger partial charge is 0.484 e. The number of hydrogen-bond acceptors (Lipinski definition) is 3. The number of ketones is 1. The lowest BCUT2D eigenvalue weighted by atomic mass is 9.99.